The molecule has 3 heteroatoms. The third-order valence-corrected chi connectivity index (χ3v) is 3.95. The molecule has 2 aliphatic carbocycles. The Morgan fingerprint density at radius 1 is 1.38 bits per heavy atom. The fourth-order valence-corrected chi connectivity index (χ4v) is 2.91. The minimum atomic E-state index is -0.289. The van der Waals surface area contributed by atoms with Crippen LogP contribution in [0.1, 0.15) is 12.8 Å². The van der Waals surface area contributed by atoms with E-state index in [4.69, 9.17) is 11.6 Å². The molecular formula is C13H13ClFN. The van der Waals surface area contributed by atoms with Gasteiger partial charge in [-0.2, -0.15) is 0 Å². The second-order valence-electron chi connectivity index (χ2n) is 4.61. The van der Waals surface area contributed by atoms with Crippen molar-refractivity contribution in [1.82, 2.24) is 0 Å². The summed E-state index contributed by atoms with van der Waals surface area (Å²) in [5, 5.41) is 3.86. The molecule has 1 aromatic carbocycles. The molecule has 2 aliphatic rings. The van der Waals surface area contributed by atoms with Gasteiger partial charge in [0, 0.05) is 12.0 Å². The van der Waals surface area contributed by atoms with Crippen LogP contribution < -0.4 is 5.32 Å². The Balaban J connectivity index is 1.73. The van der Waals surface area contributed by atoms with Crippen molar-refractivity contribution in [3.8, 4) is 0 Å². The standard InChI is InChI=1S/C13H13ClFN/c14-11-7-9(15)4-5-12(11)16-13-6-8-2-1-3-10(8)13/h1,3-5,7-8,10,13,16H,2,6H2. The highest BCUT2D eigenvalue weighted by atomic mass is 35.5. The predicted octanol–water partition coefficient (Wildman–Crippen LogP) is 3.86. The minimum absolute atomic E-state index is 0.289. The molecule has 3 atom stereocenters. The number of nitrogens with one attached hydrogen (secondary N) is 1. The average Bonchev–Trinajstić information content (AvgIpc) is 2.59. The van der Waals surface area contributed by atoms with E-state index in [0.29, 0.717) is 17.0 Å². The number of halogens is 2. The van der Waals surface area contributed by atoms with Gasteiger partial charge in [0.25, 0.3) is 0 Å². The summed E-state index contributed by atoms with van der Waals surface area (Å²) in [7, 11) is 0. The molecule has 1 saturated carbocycles. The summed E-state index contributed by atoms with van der Waals surface area (Å²) in [4.78, 5) is 0. The largest absolute Gasteiger partial charge is 0.380 e. The molecule has 1 aromatic rings. The Morgan fingerprint density at radius 3 is 3.00 bits per heavy atom. The second kappa shape index (κ2) is 3.77. The predicted molar refractivity (Wildman–Crippen MR) is 64.2 cm³/mol. The maximum Gasteiger partial charge on any atom is 0.124 e. The highest BCUT2D eigenvalue weighted by Gasteiger charge is 2.40. The molecule has 0 heterocycles. The summed E-state index contributed by atoms with van der Waals surface area (Å²) < 4.78 is 12.9. The Morgan fingerprint density at radius 2 is 2.25 bits per heavy atom. The number of rotatable bonds is 2. The van der Waals surface area contributed by atoms with Crippen molar-refractivity contribution in [3.05, 3.63) is 41.2 Å². The van der Waals surface area contributed by atoms with Crippen LogP contribution in [0.3, 0.4) is 0 Å². The van der Waals surface area contributed by atoms with E-state index in [0.717, 1.165) is 11.6 Å². The zero-order valence-corrected chi connectivity index (χ0v) is 9.54. The van der Waals surface area contributed by atoms with Gasteiger partial charge >= 0.3 is 0 Å². The summed E-state index contributed by atoms with van der Waals surface area (Å²) in [5.41, 5.74) is 0.840. The fraction of sp³-hybridized carbons (Fsp3) is 0.385. The third-order valence-electron chi connectivity index (χ3n) is 3.63. The molecule has 0 amide bonds. The fourth-order valence-electron chi connectivity index (χ4n) is 2.69. The van der Waals surface area contributed by atoms with Crippen molar-refractivity contribution in [2.24, 2.45) is 11.8 Å². The van der Waals surface area contributed by atoms with Gasteiger partial charge in [-0.25, -0.2) is 4.39 Å². The quantitative estimate of drug-likeness (QED) is 0.771. The number of anilines is 1. The Hall–Kier alpha value is -1.02. The molecule has 3 unspecified atom stereocenters. The lowest BCUT2D eigenvalue weighted by molar-refractivity contribution is 0.218. The third kappa shape index (κ3) is 1.61. The number of hydrogen-bond donors (Lipinski definition) is 1. The summed E-state index contributed by atoms with van der Waals surface area (Å²) in [5.74, 6) is 1.17. The molecule has 0 aromatic heterocycles. The topological polar surface area (TPSA) is 12.0 Å². The van der Waals surface area contributed by atoms with Crippen molar-refractivity contribution < 1.29 is 4.39 Å². The van der Waals surface area contributed by atoms with Gasteiger partial charge in [0.1, 0.15) is 5.82 Å². The smallest absolute Gasteiger partial charge is 0.124 e. The van der Waals surface area contributed by atoms with Gasteiger partial charge in [0.2, 0.25) is 0 Å². The maximum absolute atomic E-state index is 12.9. The van der Waals surface area contributed by atoms with E-state index in [1.807, 2.05) is 0 Å². The van der Waals surface area contributed by atoms with Crippen LogP contribution in [0, 0.1) is 17.7 Å². The van der Waals surface area contributed by atoms with Crippen molar-refractivity contribution in [2.75, 3.05) is 5.32 Å². The van der Waals surface area contributed by atoms with Gasteiger partial charge < -0.3 is 5.32 Å². The first kappa shape index (κ1) is 10.2. The minimum Gasteiger partial charge on any atom is -0.380 e. The highest BCUT2D eigenvalue weighted by Crippen LogP contribution is 2.44. The number of fused-ring (bicyclic) bond motifs is 1. The molecule has 3 rings (SSSR count). The molecule has 1 nitrogen and oxygen atoms in total. The monoisotopic (exact) mass is 237 g/mol. The van der Waals surface area contributed by atoms with Crippen molar-refractivity contribution in [1.29, 1.82) is 0 Å². The summed E-state index contributed by atoms with van der Waals surface area (Å²) >= 11 is 5.98. The van der Waals surface area contributed by atoms with Crippen LogP contribution >= 0.6 is 11.6 Å². The second-order valence-corrected chi connectivity index (χ2v) is 5.02. The zero-order chi connectivity index (χ0) is 11.1. The van der Waals surface area contributed by atoms with Crippen LogP contribution in [-0.4, -0.2) is 6.04 Å². The molecule has 84 valence electrons. The van der Waals surface area contributed by atoms with Crippen molar-refractivity contribution in [2.45, 2.75) is 18.9 Å². The van der Waals surface area contributed by atoms with Gasteiger partial charge in [-0.05, 0) is 37.0 Å². The molecule has 16 heavy (non-hydrogen) atoms. The molecule has 0 spiro atoms. The van der Waals surface area contributed by atoms with E-state index in [1.54, 1.807) is 6.07 Å². The molecule has 0 saturated heterocycles. The van der Waals surface area contributed by atoms with Gasteiger partial charge in [-0.3, -0.25) is 0 Å². The molecule has 1 fully saturated rings. The van der Waals surface area contributed by atoms with E-state index in [-0.39, 0.29) is 5.82 Å². The van der Waals surface area contributed by atoms with Crippen molar-refractivity contribution in [3.63, 3.8) is 0 Å². The molecule has 1 N–H and O–H groups in total. The van der Waals surface area contributed by atoms with Crippen LogP contribution in [0.15, 0.2) is 30.4 Å². The van der Waals surface area contributed by atoms with Crippen LogP contribution in [0.25, 0.3) is 0 Å². The Labute approximate surface area is 99.3 Å². The maximum atomic E-state index is 12.9. The van der Waals surface area contributed by atoms with E-state index in [1.165, 1.54) is 25.0 Å². The normalized spacial score (nSPS) is 31.0. The molecular weight excluding hydrogens is 225 g/mol. The van der Waals surface area contributed by atoms with E-state index < -0.39 is 0 Å². The lowest BCUT2D eigenvalue weighted by Gasteiger charge is -2.41. The number of benzene rings is 1. The first-order valence-corrected chi connectivity index (χ1v) is 6.00. The number of allylic oxidation sites excluding steroid dienone is 1. The average molecular weight is 238 g/mol. The lowest BCUT2D eigenvalue weighted by atomic mass is 9.71. The van der Waals surface area contributed by atoms with Gasteiger partial charge in [0.05, 0.1) is 10.7 Å². The van der Waals surface area contributed by atoms with Crippen LogP contribution in [-0.2, 0) is 0 Å². The molecule has 0 bridgehead atoms. The first-order valence-electron chi connectivity index (χ1n) is 5.62. The van der Waals surface area contributed by atoms with Crippen molar-refractivity contribution >= 4 is 17.3 Å². The Kier molecular flexibility index (Phi) is 2.40. The lowest BCUT2D eigenvalue weighted by Crippen LogP contribution is -2.43. The van der Waals surface area contributed by atoms with Crippen LogP contribution in [0.5, 0.6) is 0 Å². The Bertz CT molecular complexity index is 444. The highest BCUT2D eigenvalue weighted by molar-refractivity contribution is 6.33. The zero-order valence-electron chi connectivity index (χ0n) is 8.79. The summed E-state index contributed by atoms with van der Waals surface area (Å²) in [6.45, 7) is 0. The van der Waals surface area contributed by atoms with Gasteiger partial charge in [-0.15, -0.1) is 0 Å². The van der Waals surface area contributed by atoms with E-state index in [9.17, 15) is 4.39 Å². The van der Waals surface area contributed by atoms with Gasteiger partial charge in [-0.1, -0.05) is 23.8 Å². The molecule has 0 aliphatic heterocycles. The SMILES string of the molecule is Fc1ccc(NC2CC3CC=CC32)c(Cl)c1. The first-order chi connectivity index (χ1) is 7.74. The summed E-state index contributed by atoms with van der Waals surface area (Å²) in [6, 6.07) is 4.97. The number of hydrogen-bond acceptors (Lipinski definition) is 1. The summed E-state index contributed by atoms with van der Waals surface area (Å²) in [6.07, 6.45) is 6.93. The van der Waals surface area contributed by atoms with E-state index >= 15 is 0 Å². The molecule has 0 radical (unpaired) electrons. The van der Waals surface area contributed by atoms with Gasteiger partial charge in [0.15, 0.2) is 0 Å². The van der Waals surface area contributed by atoms with E-state index in [2.05, 4.69) is 17.5 Å². The van der Waals surface area contributed by atoms with Crippen LogP contribution in [0.4, 0.5) is 10.1 Å². The van der Waals surface area contributed by atoms with Crippen LogP contribution in [0.2, 0.25) is 5.02 Å².